The smallest absolute Gasteiger partial charge is 0.326 e. The van der Waals surface area contributed by atoms with E-state index in [1.54, 1.807) is 4.90 Å². The van der Waals surface area contributed by atoms with E-state index in [0.29, 0.717) is 6.54 Å². The lowest BCUT2D eigenvalue weighted by molar-refractivity contribution is -0.140. The zero-order valence-corrected chi connectivity index (χ0v) is 9.59. The molecule has 0 aromatic carbocycles. The van der Waals surface area contributed by atoms with Gasteiger partial charge in [0.2, 0.25) is 0 Å². The Kier molecular flexibility index (Phi) is 3.12. The third kappa shape index (κ3) is 2.15. The summed E-state index contributed by atoms with van der Waals surface area (Å²) in [4.78, 5) is 31.0. The van der Waals surface area contributed by atoms with Crippen molar-refractivity contribution in [1.29, 1.82) is 0 Å². The van der Waals surface area contributed by atoms with Gasteiger partial charge in [-0.2, -0.15) is 0 Å². The quantitative estimate of drug-likeness (QED) is 0.780. The highest BCUT2D eigenvalue weighted by Gasteiger charge is 2.35. The molecule has 1 aromatic rings. The van der Waals surface area contributed by atoms with E-state index in [1.807, 2.05) is 6.92 Å². The number of carboxylic acids is 1. The predicted octanol–water partition coefficient (Wildman–Crippen LogP) is 0.459. The van der Waals surface area contributed by atoms with Crippen molar-refractivity contribution in [2.24, 2.45) is 5.92 Å². The topological polar surface area (TPSA) is 86.3 Å². The van der Waals surface area contributed by atoms with Gasteiger partial charge < -0.3 is 15.0 Å². The highest BCUT2D eigenvalue weighted by atomic mass is 16.4. The molecular formula is C11H15N3O3. The fraction of sp³-hybridized carbons (Fsp3) is 0.545. The molecule has 0 amide bonds. The number of nitrogens with zero attached hydrogens (tertiary/aromatic N) is 2. The lowest BCUT2D eigenvalue weighted by Gasteiger charge is -2.37. The molecule has 2 heterocycles. The van der Waals surface area contributed by atoms with Gasteiger partial charge in [0, 0.05) is 18.9 Å². The molecule has 2 unspecified atom stereocenters. The molecule has 17 heavy (non-hydrogen) atoms. The second-order valence-corrected chi connectivity index (χ2v) is 4.34. The average molecular weight is 237 g/mol. The summed E-state index contributed by atoms with van der Waals surface area (Å²) in [6.07, 6.45) is 4.64. The molecule has 1 aromatic heterocycles. The number of rotatable bonds is 2. The molecule has 92 valence electrons. The standard InChI is InChI=1S/C11H15N3O3/c1-7-3-2-6-14(8(7)11(16)17)9-10(15)13-5-4-12-9/h4-5,7-8H,2-3,6H2,1H3,(H,13,15)(H,16,17). The summed E-state index contributed by atoms with van der Waals surface area (Å²) in [6, 6.07) is -0.667. The first-order chi connectivity index (χ1) is 8.11. The van der Waals surface area contributed by atoms with Gasteiger partial charge in [-0.25, -0.2) is 9.78 Å². The van der Waals surface area contributed by atoms with E-state index in [9.17, 15) is 14.7 Å². The number of anilines is 1. The molecule has 2 rings (SSSR count). The molecule has 6 heteroatoms. The van der Waals surface area contributed by atoms with Gasteiger partial charge in [0.05, 0.1) is 0 Å². The Balaban J connectivity index is 2.39. The number of H-pyrrole nitrogens is 1. The van der Waals surface area contributed by atoms with Gasteiger partial charge in [0.1, 0.15) is 6.04 Å². The SMILES string of the molecule is CC1CCCN(c2ncc[nH]c2=O)C1C(=O)O. The molecular weight excluding hydrogens is 222 g/mol. The van der Waals surface area contributed by atoms with Crippen LogP contribution in [0.25, 0.3) is 0 Å². The zero-order chi connectivity index (χ0) is 12.4. The monoisotopic (exact) mass is 237 g/mol. The van der Waals surface area contributed by atoms with Crippen molar-refractivity contribution in [1.82, 2.24) is 9.97 Å². The summed E-state index contributed by atoms with van der Waals surface area (Å²) in [5.41, 5.74) is -0.340. The van der Waals surface area contributed by atoms with Crippen LogP contribution in [-0.4, -0.2) is 33.6 Å². The maximum absolute atomic E-state index is 11.6. The second kappa shape index (κ2) is 4.57. The molecule has 0 bridgehead atoms. The van der Waals surface area contributed by atoms with Crippen molar-refractivity contribution < 1.29 is 9.90 Å². The van der Waals surface area contributed by atoms with Crippen molar-refractivity contribution in [2.45, 2.75) is 25.8 Å². The molecule has 0 saturated carbocycles. The maximum atomic E-state index is 11.6. The van der Waals surface area contributed by atoms with Gasteiger partial charge in [-0.05, 0) is 18.8 Å². The molecule has 1 saturated heterocycles. The normalized spacial score (nSPS) is 24.6. The van der Waals surface area contributed by atoms with E-state index in [1.165, 1.54) is 12.4 Å². The first-order valence-electron chi connectivity index (χ1n) is 5.64. The minimum atomic E-state index is -0.901. The Morgan fingerprint density at radius 3 is 3.06 bits per heavy atom. The van der Waals surface area contributed by atoms with Gasteiger partial charge in [-0.15, -0.1) is 0 Å². The number of aromatic nitrogens is 2. The van der Waals surface area contributed by atoms with Gasteiger partial charge in [0.15, 0.2) is 5.82 Å². The number of hydrogen-bond acceptors (Lipinski definition) is 4. The van der Waals surface area contributed by atoms with E-state index >= 15 is 0 Å². The largest absolute Gasteiger partial charge is 0.480 e. The van der Waals surface area contributed by atoms with E-state index in [2.05, 4.69) is 9.97 Å². The lowest BCUT2D eigenvalue weighted by Crippen LogP contribution is -2.51. The maximum Gasteiger partial charge on any atom is 0.326 e. The summed E-state index contributed by atoms with van der Waals surface area (Å²) in [5, 5.41) is 9.25. The van der Waals surface area contributed by atoms with Crippen LogP contribution in [0.4, 0.5) is 5.82 Å². The number of nitrogens with one attached hydrogen (secondary N) is 1. The number of hydrogen-bond donors (Lipinski definition) is 2. The molecule has 0 radical (unpaired) electrons. The Morgan fingerprint density at radius 1 is 1.65 bits per heavy atom. The average Bonchev–Trinajstić information content (AvgIpc) is 2.28. The molecule has 1 aliphatic heterocycles. The fourth-order valence-electron chi connectivity index (χ4n) is 2.35. The predicted molar refractivity (Wildman–Crippen MR) is 62.0 cm³/mol. The minimum Gasteiger partial charge on any atom is -0.480 e. The van der Waals surface area contributed by atoms with Crippen molar-refractivity contribution >= 4 is 11.8 Å². The number of piperidine rings is 1. The van der Waals surface area contributed by atoms with Crippen LogP contribution < -0.4 is 10.5 Å². The van der Waals surface area contributed by atoms with Crippen LogP contribution in [0.5, 0.6) is 0 Å². The first-order valence-corrected chi connectivity index (χ1v) is 5.64. The van der Waals surface area contributed by atoms with Crippen LogP contribution >= 0.6 is 0 Å². The molecule has 2 atom stereocenters. The molecule has 6 nitrogen and oxygen atoms in total. The Labute approximate surface area is 98.3 Å². The molecule has 0 aliphatic carbocycles. The number of aliphatic carboxylic acids is 1. The van der Waals surface area contributed by atoms with Gasteiger partial charge >= 0.3 is 5.97 Å². The summed E-state index contributed by atoms with van der Waals surface area (Å²) in [5.74, 6) is -0.684. The summed E-state index contributed by atoms with van der Waals surface area (Å²) in [6.45, 7) is 2.45. The van der Waals surface area contributed by atoms with Crippen molar-refractivity contribution in [3.8, 4) is 0 Å². The number of carboxylic acid groups (broad SMARTS) is 1. The molecule has 1 fully saturated rings. The van der Waals surface area contributed by atoms with Crippen molar-refractivity contribution in [3.63, 3.8) is 0 Å². The Bertz CT molecular complexity index is 471. The second-order valence-electron chi connectivity index (χ2n) is 4.34. The van der Waals surface area contributed by atoms with Gasteiger partial charge in [-0.1, -0.05) is 6.92 Å². The van der Waals surface area contributed by atoms with Crippen LogP contribution in [0.3, 0.4) is 0 Å². The van der Waals surface area contributed by atoms with Crippen LogP contribution in [0.1, 0.15) is 19.8 Å². The van der Waals surface area contributed by atoms with E-state index in [0.717, 1.165) is 12.8 Å². The molecule has 1 aliphatic rings. The van der Waals surface area contributed by atoms with Crippen molar-refractivity contribution in [2.75, 3.05) is 11.4 Å². The zero-order valence-electron chi connectivity index (χ0n) is 9.59. The van der Waals surface area contributed by atoms with E-state index < -0.39 is 12.0 Å². The third-order valence-corrected chi connectivity index (χ3v) is 3.15. The van der Waals surface area contributed by atoms with Crippen LogP contribution in [0.2, 0.25) is 0 Å². The summed E-state index contributed by atoms with van der Waals surface area (Å²) >= 11 is 0. The Morgan fingerprint density at radius 2 is 2.41 bits per heavy atom. The lowest BCUT2D eigenvalue weighted by atomic mass is 9.91. The highest BCUT2D eigenvalue weighted by Crippen LogP contribution is 2.25. The van der Waals surface area contributed by atoms with Gasteiger partial charge in [0.25, 0.3) is 5.56 Å². The minimum absolute atomic E-state index is 0.0163. The summed E-state index contributed by atoms with van der Waals surface area (Å²) < 4.78 is 0. The number of aromatic amines is 1. The highest BCUT2D eigenvalue weighted by molar-refractivity contribution is 5.78. The molecule has 0 spiro atoms. The summed E-state index contributed by atoms with van der Waals surface area (Å²) in [7, 11) is 0. The first kappa shape index (κ1) is 11.6. The van der Waals surface area contributed by atoms with Crippen LogP contribution in [0.15, 0.2) is 17.2 Å². The third-order valence-electron chi connectivity index (χ3n) is 3.15. The Hall–Kier alpha value is -1.85. The molecule has 2 N–H and O–H groups in total. The number of carbonyl (C=O) groups is 1. The van der Waals surface area contributed by atoms with Gasteiger partial charge in [-0.3, -0.25) is 4.79 Å². The van der Waals surface area contributed by atoms with Crippen molar-refractivity contribution in [3.05, 3.63) is 22.7 Å². The fourth-order valence-corrected chi connectivity index (χ4v) is 2.35. The van der Waals surface area contributed by atoms with Crippen LogP contribution in [0, 0.1) is 5.92 Å². The van der Waals surface area contributed by atoms with E-state index in [4.69, 9.17) is 0 Å². The van der Waals surface area contributed by atoms with Crippen LogP contribution in [-0.2, 0) is 4.79 Å². The van der Waals surface area contributed by atoms with E-state index in [-0.39, 0.29) is 17.3 Å².